The smallest absolute Gasteiger partial charge is 0.231 e. The second kappa shape index (κ2) is 8.23. The molecule has 0 unspecified atom stereocenters. The molecule has 3 rings (SSSR count). The van der Waals surface area contributed by atoms with E-state index in [1.165, 1.54) is 0 Å². The first-order valence-electron chi connectivity index (χ1n) is 8.75. The Morgan fingerprint density at radius 3 is 2.68 bits per heavy atom. The zero-order chi connectivity index (χ0) is 17.8. The summed E-state index contributed by atoms with van der Waals surface area (Å²) in [6, 6.07) is 3.80. The predicted molar refractivity (Wildman–Crippen MR) is 91.0 cm³/mol. The molecule has 1 fully saturated rings. The van der Waals surface area contributed by atoms with Gasteiger partial charge < -0.3 is 29.2 Å². The summed E-state index contributed by atoms with van der Waals surface area (Å²) >= 11 is 0. The van der Waals surface area contributed by atoms with Gasteiger partial charge in [0.1, 0.15) is 11.9 Å². The Bertz CT molecular complexity index is 581. The monoisotopic (exact) mass is 353 g/mol. The highest BCUT2D eigenvalue weighted by molar-refractivity contribution is 5.51. The van der Waals surface area contributed by atoms with E-state index in [0.717, 1.165) is 30.0 Å². The summed E-state index contributed by atoms with van der Waals surface area (Å²) in [6.07, 6.45) is -0.590. The van der Waals surface area contributed by atoms with Gasteiger partial charge in [0.05, 0.1) is 26.4 Å². The highest BCUT2D eigenvalue weighted by Gasteiger charge is 2.32. The molecule has 2 heterocycles. The van der Waals surface area contributed by atoms with Gasteiger partial charge in [0.25, 0.3) is 0 Å². The highest BCUT2D eigenvalue weighted by atomic mass is 16.7. The van der Waals surface area contributed by atoms with Gasteiger partial charge in [0.2, 0.25) is 6.79 Å². The lowest BCUT2D eigenvalue weighted by atomic mass is 9.95. The van der Waals surface area contributed by atoms with E-state index in [4.69, 9.17) is 18.9 Å². The first-order chi connectivity index (χ1) is 12.1. The summed E-state index contributed by atoms with van der Waals surface area (Å²) in [6.45, 7) is 5.17. The average Bonchev–Trinajstić information content (AvgIpc) is 3.05. The molecule has 1 aromatic carbocycles. The minimum absolute atomic E-state index is 0.115. The Morgan fingerprint density at radius 1 is 1.20 bits per heavy atom. The van der Waals surface area contributed by atoms with Crippen LogP contribution < -0.4 is 14.2 Å². The predicted octanol–water partition coefficient (Wildman–Crippen LogP) is 1.00. The maximum Gasteiger partial charge on any atom is 0.231 e. The van der Waals surface area contributed by atoms with E-state index < -0.39 is 12.2 Å². The Kier molecular flexibility index (Phi) is 6.01. The zero-order valence-electron chi connectivity index (χ0n) is 14.8. The van der Waals surface area contributed by atoms with Crippen LogP contribution in [0.15, 0.2) is 12.1 Å². The van der Waals surface area contributed by atoms with Crippen LogP contribution >= 0.6 is 0 Å². The second-order valence-electron chi connectivity index (χ2n) is 6.61. The Hall–Kier alpha value is -1.54. The molecule has 0 amide bonds. The van der Waals surface area contributed by atoms with E-state index in [2.05, 4.69) is 11.8 Å². The lowest BCUT2D eigenvalue weighted by molar-refractivity contribution is -0.126. The molecule has 3 atom stereocenters. The number of methoxy groups -OCH3 is 1. The fraction of sp³-hybridized carbons (Fsp3) is 0.667. The summed E-state index contributed by atoms with van der Waals surface area (Å²) in [5.41, 5.74) is 1.01. The molecule has 25 heavy (non-hydrogen) atoms. The lowest BCUT2D eigenvalue weighted by Crippen LogP contribution is -2.48. The van der Waals surface area contributed by atoms with Crippen LogP contribution in [-0.4, -0.2) is 67.5 Å². The van der Waals surface area contributed by atoms with Crippen molar-refractivity contribution in [1.82, 2.24) is 4.90 Å². The first kappa shape index (κ1) is 18.3. The van der Waals surface area contributed by atoms with Gasteiger partial charge in [0, 0.05) is 30.6 Å². The summed E-state index contributed by atoms with van der Waals surface area (Å²) in [4.78, 5) is 2.25. The average molecular weight is 353 g/mol. The fourth-order valence-electron chi connectivity index (χ4n) is 3.41. The van der Waals surface area contributed by atoms with E-state index in [1.54, 1.807) is 7.11 Å². The van der Waals surface area contributed by atoms with Crippen molar-refractivity contribution in [3.63, 3.8) is 0 Å². The van der Waals surface area contributed by atoms with Crippen molar-refractivity contribution in [1.29, 1.82) is 0 Å². The van der Waals surface area contributed by atoms with Gasteiger partial charge in [-0.15, -0.1) is 0 Å². The molecule has 0 saturated carbocycles. The van der Waals surface area contributed by atoms with E-state index in [-0.39, 0.29) is 19.3 Å². The number of ether oxygens (including phenoxy) is 4. The van der Waals surface area contributed by atoms with Crippen molar-refractivity contribution in [2.24, 2.45) is 5.92 Å². The topological polar surface area (TPSA) is 80.6 Å². The summed E-state index contributed by atoms with van der Waals surface area (Å²) in [7, 11) is 1.64. The molecule has 1 saturated heterocycles. The van der Waals surface area contributed by atoms with Crippen LogP contribution in [0.25, 0.3) is 0 Å². The van der Waals surface area contributed by atoms with Gasteiger partial charge >= 0.3 is 0 Å². The largest absolute Gasteiger partial charge is 0.496 e. The standard InChI is InChI=1S/C18H27NO6/c1-3-4-19(8-13-9-23-10-14(20)18(13)21)7-12-5-16-17(25-11-24-16)6-15(12)22-2/h5-6,13-14,18,20-21H,3-4,7-11H2,1-2H3/t13-,14-,18+/m1/s1. The van der Waals surface area contributed by atoms with Crippen molar-refractivity contribution in [3.05, 3.63) is 17.7 Å². The number of rotatable bonds is 7. The second-order valence-corrected chi connectivity index (χ2v) is 6.61. The number of nitrogens with zero attached hydrogens (tertiary/aromatic N) is 1. The quantitative estimate of drug-likeness (QED) is 0.757. The minimum atomic E-state index is -0.817. The van der Waals surface area contributed by atoms with Crippen LogP contribution in [0.4, 0.5) is 0 Å². The third kappa shape index (κ3) is 4.17. The molecule has 7 heteroatoms. The summed E-state index contributed by atoms with van der Waals surface area (Å²) < 4.78 is 21.8. The van der Waals surface area contributed by atoms with Crippen LogP contribution in [0.2, 0.25) is 0 Å². The van der Waals surface area contributed by atoms with Gasteiger partial charge in [-0.2, -0.15) is 0 Å². The minimum Gasteiger partial charge on any atom is -0.496 e. The molecule has 2 N–H and O–H groups in total. The van der Waals surface area contributed by atoms with Crippen molar-refractivity contribution in [2.75, 3.05) is 40.2 Å². The molecule has 0 bridgehead atoms. The molecule has 0 aromatic heterocycles. The van der Waals surface area contributed by atoms with Gasteiger partial charge in [0.15, 0.2) is 11.5 Å². The van der Waals surface area contributed by atoms with Gasteiger partial charge in [-0.25, -0.2) is 0 Å². The fourth-order valence-corrected chi connectivity index (χ4v) is 3.41. The van der Waals surface area contributed by atoms with Crippen LogP contribution in [-0.2, 0) is 11.3 Å². The molecule has 1 aromatic rings. The molecule has 140 valence electrons. The van der Waals surface area contributed by atoms with Crippen molar-refractivity contribution >= 4 is 0 Å². The number of aliphatic hydroxyl groups excluding tert-OH is 2. The van der Waals surface area contributed by atoms with Crippen LogP contribution in [0.5, 0.6) is 17.2 Å². The van der Waals surface area contributed by atoms with Crippen LogP contribution in [0.3, 0.4) is 0 Å². The van der Waals surface area contributed by atoms with E-state index in [9.17, 15) is 10.2 Å². The maximum absolute atomic E-state index is 10.2. The number of benzene rings is 1. The molecular formula is C18H27NO6. The molecule has 0 spiro atoms. The number of hydrogen-bond donors (Lipinski definition) is 2. The number of aliphatic hydroxyl groups is 2. The zero-order valence-corrected chi connectivity index (χ0v) is 14.8. The SMILES string of the molecule is CCCN(Cc1cc2c(cc1OC)OCO2)C[C@@H]1COC[C@@H](O)[C@H]1O. The van der Waals surface area contributed by atoms with Crippen molar-refractivity contribution in [2.45, 2.75) is 32.1 Å². The van der Waals surface area contributed by atoms with Crippen molar-refractivity contribution in [3.8, 4) is 17.2 Å². The van der Waals surface area contributed by atoms with Gasteiger partial charge in [-0.1, -0.05) is 6.92 Å². The molecule has 2 aliphatic rings. The molecule has 0 aliphatic carbocycles. The maximum atomic E-state index is 10.2. The van der Waals surface area contributed by atoms with Gasteiger partial charge in [-0.05, 0) is 19.0 Å². The van der Waals surface area contributed by atoms with Crippen LogP contribution in [0.1, 0.15) is 18.9 Å². The normalized spacial score (nSPS) is 25.4. The van der Waals surface area contributed by atoms with E-state index >= 15 is 0 Å². The Labute approximate surface area is 148 Å². The first-order valence-corrected chi connectivity index (χ1v) is 8.75. The third-order valence-electron chi connectivity index (χ3n) is 4.70. The highest BCUT2D eigenvalue weighted by Crippen LogP contribution is 2.38. The van der Waals surface area contributed by atoms with Crippen LogP contribution in [0, 0.1) is 5.92 Å². The molecule has 2 aliphatic heterocycles. The third-order valence-corrected chi connectivity index (χ3v) is 4.70. The summed E-state index contributed by atoms with van der Waals surface area (Å²) in [5, 5.41) is 20.1. The number of fused-ring (bicyclic) bond motifs is 1. The Balaban J connectivity index is 1.73. The van der Waals surface area contributed by atoms with Gasteiger partial charge in [-0.3, -0.25) is 4.90 Å². The van der Waals surface area contributed by atoms with Crippen molar-refractivity contribution < 1.29 is 29.2 Å². The molecule has 7 nitrogen and oxygen atoms in total. The van der Waals surface area contributed by atoms with E-state index in [1.807, 2.05) is 12.1 Å². The molecule has 0 radical (unpaired) electrons. The summed E-state index contributed by atoms with van der Waals surface area (Å²) in [5.74, 6) is 2.06. The number of hydrogen-bond acceptors (Lipinski definition) is 7. The Morgan fingerprint density at radius 2 is 1.96 bits per heavy atom. The molecular weight excluding hydrogens is 326 g/mol. The van der Waals surface area contributed by atoms with E-state index in [0.29, 0.717) is 25.4 Å². The lowest BCUT2D eigenvalue weighted by Gasteiger charge is -2.35.